The molecule has 0 bridgehead atoms. The van der Waals surface area contributed by atoms with Crippen LogP contribution >= 0.6 is 0 Å². The van der Waals surface area contributed by atoms with Gasteiger partial charge in [-0.15, -0.1) is 0 Å². The fourth-order valence-corrected chi connectivity index (χ4v) is 1.84. The molecular formula is C16H18N2O2. The molecule has 2 rings (SSSR count). The molecule has 0 aliphatic heterocycles. The van der Waals surface area contributed by atoms with E-state index >= 15 is 0 Å². The molecular weight excluding hydrogens is 252 g/mol. The summed E-state index contributed by atoms with van der Waals surface area (Å²) in [5.74, 6) is 0.193. The number of hydrogen-bond acceptors (Lipinski definition) is 3. The number of rotatable bonds is 4. The van der Waals surface area contributed by atoms with Crippen molar-refractivity contribution in [1.29, 1.82) is 0 Å². The maximum Gasteiger partial charge on any atom is 0.251 e. The van der Waals surface area contributed by atoms with Crippen molar-refractivity contribution < 1.29 is 9.90 Å². The molecule has 0 spiro atoms. The van der Waals surface area contributed by atoms with Crippen molar-refractivity contribution in [3.05, 3.63) is 59.2 Å². The smallest absolute Gasteiger partial charge is 0.251 e. The Morgan fingerprint density at radius 3 is 2.45 bits per heavy atom. The van der Waals surface area contributed by atoms with Crippen molar-refractivity contribution in [3.8, 4) is 5.75 Å². The van der Waals surface area contributed by atoms with E-state index in [4.69, 9.17) is 0 Å². The van der Waals surface area contributed by atoms with Crippen LogP contribution in [0.5, 0.6) is 5.75 Å². The highest BCUT2D eigenvalue weighted by Crippen LogP contribution is 2.21. The molecule has 0 fully saturated rings. The van der Waals surface area contributed by atoms with Crippen molar-refractivity contribution in [2.24, 2.45) is 0 Å². The third-order valence-corrected chi connectivity index (χ3v) is 3.15. The third kappa shape index (κ3) is 3.29. The summed E-state index contributed by atoms with van der Waals surface area (Å²) in [7, 11) is 1.61. The van der Waals surface area contributed by atoms with E-state index in [9.17, 15) is 9.90 Å². The first-order chi connectivity index (χ1) is 9.60. The van der Waals surface area contributed by atoms with Crippen molar-refractivity contribution >= 4 is 11.6 Å². The van der Waals surface area contributed by atoms with Gasteiger partial charge < -0.3 is 15.7 Å². The Bertz CT molecular complexity index is 606. The van der Waals surface area contributed by atoms with Gasteiger partial charge in [0.25, 0.3) is 5.91 Å². The molecule has 1 amide bonds. The van der Waals surface area contributed by atoms with E-state index < -0.39 is 0 Å². The van der Waals surface area contributed by atoms with Crippen molar-refractivity contribution in [2.75, 3.05) is 12.4 Å². The normalized spacial score (nSPS) is 10.1. The van der Waals surface area contributed by atoms with E-state index in [1.165, 1.54) is 0 Å². The van der Waals surface area contributed by atoms with Crippen molar-refractivity contribution in [3.63, 3.8) is 0 Å². The van der Waals surface area contributed by atoms with E-state index in [1.807, 2.05) is 31.2 Å². The summed E-state index contributed by atoms with van der Waals surface area (Å²) in [6.07, 6.45) is 0. The lowest BCUT2D eigenvalue weighted by Gasteiger charge is -2.08. The minimum atomic E-state index is -0.0898. The van der Waals surface area contributed by atoms with Gasteiger partial charge in [0, 0.05) is 30.9 Å². The monoisotopic (exact) mass is 270 g/mol. The predicted octanol–water partition coefficient (Wildman–Crippen LogP) is 2.67. The molecule has 0 aliphatic rings. The average Bonchev–Trinajstić information content (AvgIpc) is 2.48. The molecule has 0 aliphatic carbocycles. The van der Waals surface area contributed by atoms with Crippen LogP contribution in [0.2, 0.25) is 0 Å². The van der Waals surface area contributed by atoms with Crippen LogP contribution in [0.3, 0.4) is 0 Å². The Balaban J connectivity index is 2.00. The fraction of sp³-hybridized carbons (Fsp3) is 0.188. The number of hydrogen-bond donors (Lipinski definition) is 3. The molecule has 2 aromatic carbocycles. The molecule has 4 heteroatoms. The molecule has 3 N–H and O–H groups in total. The van der Waals surface area contributed by atoms with Crippen LogP contribution in [0.15, 0.2) is 42.5 Å². The molecule has 0 radical (unpaired) electrons. The lowest BCUT2D eigenvalue weighted by molar-refractivity contribution is 0.0963. The molecule has 20 heavy (non-hydrogen) atoms. The van der Waals surface area contributed by atoms with Crippen molar-refractivity contribution in [2.45, 2.75) is 13.5 Å². The van der Waals surface area contributed by atoms with Crippen LogP contribution in [0.25, 0.3) is 0 Å². The zero-order chi connectivity index (χ0) is 14.5. The number of aromatic hydroxyl groups is 1. The molecule has 0 atom stereocenters. The number of carbonyl (C=O) groups excluding carboxylic acids is 1. The highest BCUT2D eigenvalue weighted by molar-refractivity contribution is 5.93. The summed E-state index contributed by atoms with van der Waals surface area (Å²) >= 11 is 0. The Kier molecular flexibility index (Phi) is 4.25. The van der Waals surface area contributed by atoms with Gasteiger partial charge in [0.2, 0.25) is 0 Å². The Morgan fingerprint density at radius 2 is 1.85 bits per heavy atom. The van der Waals surface area contributed by atoms with Crippen LogP contribution in [-0.4, -0.2) is 18.1 Å². The Labute approximate surface area is 118 Å². The first kappa shape index (κ1) is 13.9. The molecule has 2 aromatic rings. The van der Waals surface area contributed by atoms with Gasteiger partial charge in [-0.25, -0.2) is 0 Å². The zero-order valence-corrected chi connectivity index (χ0v) is 11.6. The largest absolute Gasteiger partial charge is 0.508 e. The van der Waals surface area contributed by atoms with Crippen molar-refractivity contribution in [1.82, 2.24) is 5.32 Å². The number of phenols is 1. The summed E-state index contributed by atoms with van der Waals surface area (Å²) in [6, 6.07) is 12.9. The van der Waals surface area contributed by atoms with Gasteiger partial charge >= 0.3 is 0 Å². The van der Waals surface area contributed by atoms with Crippen LogP contribution in [-0.2, 0) is 6.54 Å². The van der Waals surface area contributed by atoms with E-state index in [1.54, 1.807) is 25.2 Å². The van der Waals surface area contributed by atoms with Crippen LogP contribution in [0.4, 0.5) is 5.69 Å². The molecule has 0 heterocycles. The minimum absolute atomic E-state index is 0.0898. The van der Waals surface area contributed by atoms with Gasteiger partial charge in [0.05, 0.1) is 0 Å². The number of anilines is 1. The van der Waals surface area contributed by atoms with E-state index in [2.05, 4.69) is 10.6 Å². The van der Waals surface area contributed by atoms with Gasteiger partial charge in [-0.3, -0.25) is 4.79 Å². The highest BCUT2D eigenvalue weighted by Gasteiger charge is 2.02. The number of carbonyl (C=O) groups is 1. The van der Waals surface area contributed by atoms with Gasteiger partial charge in [0.1, 0.15) is 5.75 Å². The van der Waals surface area contributed by atoms with Gasteiger partial charge in [0.15, 0.2) is 0 Å². The second-order valence-corrected chi connectivity index (χ2v) is 4.63. The molecule has 0 aromatic heterocycles. The van der Waals surface area contributed by atoms with E-state index in [0.29, 0.717) is 12.1 Å². The first-order valence-corrected chi connectivity index (χ1v) is 6.44. The summed E-state index contributed by atoms with van der Waals surface area (Å²) in [5, 5.41) is 15.5. The molecule has 0 saturated carbocycles. The highest BCUT2D eigenvalue weighted by atomic mass is 16.3. The molecule has 104 valence electrons. The summed E-state index contributed by atoms with van der Waals surface area (Å²) in [5.41, 5.74) is 3.43. The van der Waals surface area contributed by atoms with Crippen LogP contribution in [0, 0.1) is 6.92 Å². The fourth-order valence-electron chi connectivity index (χ4n) is 1.84. The van der Waals surface area contributed by atoms with E-state index in [0.717, 1.165) is 16.8 Å². The number of phenolic OH excluding ortho intramolecular Hbond substituents is 1. The van der Waals surface area contributed by atoms with Gasteiger partial charge in [-0.05, 0) is 36.2 Å². The van der Waals surface area contributed by atoms with Crippen LogP contribution in [0.1, 0.15) is 21.5 Å². The predicted molar refractivity (Wildman–Crippen MR) is 80.0 cm³/mol. The Morgan fingerprint density at radius 1 is 1.15 bits per heavy atom. The van der Waals surface area contributed by atoms with Gasteiger partial charge in [-0.1, -0.05) is 18.2 Å². The summed E-state index contributed by atoms with van der Waals surface area (Å²) < 4.78 is 0. The summed E-state index contributed by atoms with van der Waals surface area (Å²) in [6.45, 7) is 2.49. The quantitative estimate of drug-likeness (QED) is 0.800. The molecule has 0 saturated heterocycles. The molecule has 0 unspecified atom stereocenters. The second kappa shape index (κ2) is 6.10. The summed E-state index contributed by atoms with van der Waals surface area (Å²) in [4.78, 5) is 11.4. The minimum Gasteiger partial charge on any atom is -0.508 e. The number of nitrogens with one attached hydrogen (secondary N) is 2. The van der Waals surface area contributed by atoms with E-state index in [-0.39, 0.29) is 11.7 Å². The second-order valence-electron chi connectivity index (χ2n) is 4.63. The maximum atomic E-state index is 11.4. The lowest BCUT2D eigenvalue weighted by atomic mass is 10.1. The average molecular weight is 270 g/mol. The Hall–Kier alpha value is -2.49. The SMILES string of the molecule is CNC(=O)c1ccc(CNc2ccc(C)c(O)c2)cc1. The van der Waals surface area contributed by atoms with Crippen LogP contribution < -0.4 is 10.6 Å². The number of amides is 1. The number of benzene rings is 2. The third-order valence-electron chi connectivity index (χ3n) is 3.15. The lowest BCUT2D eigenvalue weighted by Crippen LogP contribution is -2.17. The van der Waals surface area contributed by atoms with Gasteiger partial charge in [-0.2, -0.15) is 0 Å². The molecule has 4 nitrogen and oxygen atoms in total. The maximum absolute atomic E-state index is 11.4. The first-order valence-electron chi connectivity index (χ1n) is 6.44. The number of aryl methyl sites for hydroxylation is 1. The standard InChI is InChI=1S/C16H18N2O2/c1-11-3-8-14(9-15(11)19)18-10-12-4-6-13(7-5-12)16(20)17-2/h3-9,18-19H,10H2,1-2H3,(H,17,20). The topological polar surface area (TPSA) is 61.4 Å². The zero-order valence-electron chi connectivity index (χ0n) is 11.6.